The Kier molecular flexibility index (Phi) is 6.25. The van der Waals surface area contributed by atoms with Crippen LogP contribution in [-0.2, 0) is 20.7 Å². The first kappa shape index (κ1) is 16.3. The molecule has 1 aromatic rings. The number of unbranched alkanes of at least 4 members (excludes halogenated alkanes) is 2. The van der Waals surface area contributed by atoms with Crippen molar-refractivity contribution in [1.82, 2.24) is 5.32 Å². The van der Waals surface area contributed by atoms with Crippen molar-refractivity contribution in [1.29, 1.82) is 0 Å². The van der Waals surface area contributed by atoms with Crippen molar-refractivity contribution in [3.63, 3.8) is 0 Å². The number of para-hydroxylation sites is 1. The van der Waals surface area contributed by atoms with Gasteiger partial charge in [-0.25, -0.2) is 0 Å². The summed E-state index contributed by atoms with van der Waals surface area (Å²) in [5.41, 5.74) is 1.09. The van der Waals surface area contributed by atoms with Crippen LogP contribution in [0.25, 0.3) is 0 Å². The number of hydrogen-bond acceptors (Lipinski definition) is 4. The molecule has 120 valence electrons. The lowest BCUT2D eigenvalue weighted by molar-refractivity contribution is -0.140. The molecule has 5 nitrogen and oxygen atoms in total. The molecule has 1 heterocycles. The Bertz CT molecular complexity index is 515. The van der Waals surface area contributed by atoms with Crippen LogP contribution in [0.2, 0.25) is 0 Å². The fourth-order valence-corrected chi connectivity index (χ4v) is 2.53. The summed E-state index contributed by atoms with van der Waals surface area (Å²) < 4.78 is 10.2. The van der Waals surface area contributed by atoms with Crippen LogP contribution in [0.1, 0.15) is 31.2 Å². The number of fused-ring (bicyclic) bond motifs is 1. The first-order valence-corrected chi connectivity index (χ1v) is 7.76. The number of rotatable bonds is 7. The summed E-state index contributed by atoms with van der Waals surface area (Å²) in [6, 6.07) is 7.84. The largest absolute Gasteiger partial charge is 0.492 e. The number of esters is 1. The van der Waals surface area contributed by atoms with E-state index in [2.05, 4.69) is 10.1 Å². The van der Waals surface area contributed by atoms with E-state index in [9.17, 15) is 9.59 Å². The van der Waals surface area contributed by atoms with Gasteiger partial charge in [-0.2, -0.15) is 0 Å². The first-order valence-electron chi connectivity index (χ1n) is 7.76. The van der Waals surface area contributed by atoms with Gasteiger partial charge in [0.15, 0.2) is 0 Å². The minimum Gasteiger partial charge on any atom is -0.492 e. The molecule has 1 amide bonds. The van der Waals surface area contributed by atoms with E-state index in [1.54, 1.807) is 0 Å². The normalized spacial score (nSPS) is 16.3. The van der Waals surface area contributed by atoms with Crippen LogP contribution in [0.15, 0.2) is 24.3 Å². The first-order chi connectivity index (χ1) is 10.7. The van der Waals surface area contributed by atoms with Crippen molar-refractivity contribution in [2.75, 3.05) is 20.3 Å². The zero-order valence-corrected chi connectivity index (χ0v) is 13.0. The Hall–Kier alpha value is -2.04. The quantitative estimate of drug-likeness (QED) is 0.619. The lowest BCUT2D eigenvalue weighted by Crippen LogP contribution is -2.37. The van der Waals surface area contributed by atoms with Gasteiger partial charge in [0.25, 0.3) is 0 Å². The fourth-order valence-electron chi connectivity index (χ4n) is 2.53. The second-order valence-corrected chi connectivity index (χ2v) is 5.50. The summed E-state index contributed by atoms with van der Waals surface area (Å²) in [5.74, 6) is 0.629. The van der Waals surface area contributed by atoms with Crippen molar-refractivity contribution in [3.8, 4) is 5.75 Å². The second kappa shape index (κ2) is 8.41. The standard InChI is InChI=1S/C17H23NO4/c1-21-16(19)9-3-2-6-10-18-17(20)14-11-13-7-4-5-8-15(13)22-12-14/h4-5,7-8,14H,2-3,6,9-12H2,1H3,(H,18,20). The van der Waals surface area contributed by atoms with Gasteiger partial charge in [-0.05, 0) is 30.9 Å². The lowest BCUT2D eigenvalue weighted by atomic mass is 9.96. The van der Waals surface area contributed by atoms with Crippen molar-refractivity contribution in [2.24, 2.45) is 5.92 Å². The van der Waals surface area contributed by atoms with E-state index in [1.165, 1.54) is 7.11 Å². The van der Waals surface area contributed by atoms with Crippen LogP contribution in [0.5, 0.6) is 5.75 Å². The van der Waals surface area contributed by atoms with Crippen molar-refractivity contribution >= 4 is 11.9 Å². The highest BCUT2D eigenvalue weighted by Crippen LogP contribution is 2.26. The van der Waals surface area contributed by atoms with E-state index >= 15 is 0 Å². The zero-order valence-electron chi connectivity index (χ0n) is 13.0. The molecule has 1 N–H and O–H groups in total. The van der Waals surface area contributed by atoms with Crippen LogP contribution in [0.4, 0.5) is 0 Å². The third-order valence-corrected chi connectivity index (χ3v) is 3.83. The SMILES string of the molecule is COC(=O)CCCCCNC(=O)C1COc2ccccc2C1. The molecule has 5 heteroatoms. The number of ether oxygens (including phenoxy) is 2. The predicted octanol–water partition coefficient (Wildman–Crippen LogP) is 2.09. The lowest BCUT2D eigenvalue weighted by Gasteiger charge is -2.24. The highest BCUT2D eigenvalue weighted by atomic mass is 16.5. The molecule has 1 aliphatic rings. The Morgan fingerprint density at radius 1 is 1.27 bits per heavy atom. The van der Waals surface area contributed by atoms with Crippen LogP contribution in [-0.4, -0.2) is 32.1 Å². The van der Waals surface area contributed by atoms with Gasteiger partial charge in [0.2, 0.25) is 5.91 Å². The minimum absolute atomic E-state index is 0.0440. The summed E-state index contributed by atoms with van der Waals surface area (Å²) in [7, 11) is 1.40. The highest BCUT2D eigenvalue weighted by molar-refractivity contribution is 5.79. The van der Waals surface area contributed by atoms with E-state index in [4.69, 9.17) is 4.74 Å². The molecule has 0 aliphatic carbocycles. The molecular weight excluding hydrogens is 282 g/mol. The topological polar surface area (TPSA) is 64.6 Å². The van der Waals surface area contributed by atoms with Crippen molar-refractivity contribution < 1.29 is 19.1 Å². The minimum atomic E-state index is -0.179. The Morgan fingerprint density at radius 2 is 2.09 bits per heavy atom. The number of amides is 1. The Morgan fingerprint density at radius 3 is 2.91 bits per heavy atom. The van der Waals surface area contributed by atoms with E-state index in [0.29, 0.717) is 19.6 Å². The van der Waals surface area contributed by atoms with Gasteiger partial charge >= 0.3 is 5.97 Å². The molecular formula is C17H23NO4. The number of methoxy groups -OCH3 is 1. The van der Waals surface area contributed by atoms with Crippen LogP contribution in [0, 0.1) is 5.92 Å². The number of hydrogen-bond donors (Lipinski definition) is 1. The number of carbonyl (C=O) groups excluding carboxylic acids is 2. The molecule has 0 bridgehead atoms. The van der Waals surface area contributed by atoms with Gasteiger partial charge in [0.1, 0.15) is 12.4 Å². The number of carbonyl (C=O) groups is 2. The molecule has 1 atom stereocenters. The van der Waals surface area contributed by atoms with E-state index < -0.39 is 0 Å². The Balaban J connectivity index is 1.63. The smallest absolute Gasteiger partial charge is 0.305 e. The molecule has 0 fully saturated rings. The molecule has 0 saturated carbocycles. The molecule has 0 spiro atoms. The summed E-state index contributed by atoms with van der Waals surface area (Å²) >= 11 is 0. The predicted molar refractivity (Wildman–Crippen MR) is 82.6 cm³/mol. The van der Waals surface area contributed by atoms with E-state index in [-0.39, 0.29) is 17.8 Å². The molecule has 1 unspecified atom stereocenters. The van der Waals surface area contributed by atoms with Gasteiger partial charge in [-0.15, -0.1) is 0 Å². The molecule has 0 saturated heterocycles. The van der Waals surface area contributed by atoms with Crippen LogP contribution >= 0.6 is 0 Å². The van der Waals surface area contributed by atoms with Crippen molar-refractivity contribution in [3.05, 3.63) is 29.8 Å². The van der Waals surface area contributed by atoms with Crippen LogP contribution < -0.4 is 10.1 Å². The molecule has 22 heavy (non-hydrogen) atoms. The molecule has 0 radical (unpaired) electrons. The van der Waals surface area contributed by atoms with Gasteiger partial charge in [0.05, 0.1) is 13.0 Å². The van der Waals surface area contributed by atoms with E-state index in [1.807, 2.05) is 24.3 Å². The summed E-state index contributed by atoms with van der Waals surface area (Å²) in [5, 5.41) is 2.95. The van der Waals surface area contributed by atoms with Gasteiger partial charge in [-0.3, -0.25) is 9.59 Å². The van der Waals surface area contributed by atoms with Gasteiger partial charge in [-0.1, -0.05) is 24.6 Å². The van der Waals surface area contributed by atoms with Crippen molar-refractivity contribution in [2.45, 2.75) is 32.1 Å². The summed E-state index contributed by atoms with van der Waals surface area (Å²) in [4.78, 5) is 23.1. The fraction of sp³-hybridized carbons (Fsp3) is 0.529. The van der Waals surface area contributed by atoms with E-state index in [0.717, 1.165) is 37.0 Å². The van der Waals surface area contributed by atoms with Crippen LogP contribution in [0.3, 0.4) is 0 Å². The Labute approximate surface area is 131 Å². The maximum Gasteiger partial charge on any atom is 0.305 e. The van der Waals surface area contributed by atoms with Gasteiger partial charge < -0.3 is 14.8 Å². The summed E-state index contributed by atoms with van der Waals surface area (Å²) in [6.45, 7) is 1.07. The summed E-state index contributed by atoms with van der Waals surface area (Å²) in [6.07, 6.45) is 3.73. The van der Waals surface area contributed by atoms with Gasteiger partial charge in [0, 0.05) is 13.0 Å². The second-order valence-electron chi connectivity index (χ2n) is 5.50. The average molecular weight is 305 g/mol. The molecule has 2 rings (SSSR count). The maximum absolute atomic E-state index is 12.1. The third kappa shape index (κ3) is 4.76. The average Bonchev–Trinajstić information content (AvgIpc) is 2.56. The number of benzene rings is 1. The highest BCUT2D eigenvalue weighted by Gasteiger charge is 2.25. The number of nitrogens with one attached hydrogen (secondary N) is 1. The molecule has 1 aromatic carbocycles. The maximum atomic E-state index is 12.1. The molecule has 0 aromatic heterocycles. The zero-order chi connectivity index (χ0) is 15.8. The monoisotopic (exact) mass is 305 g/mol. The molecule has 1 aliphatic heterocycles. The third-order valence-electron chi connectivity index (χ3n) is 3.83.